The third-order valence-corrected chi connectivity index (χ3v) is 2.43. The number of anilines is 1. The zero-order valence-electron chi connectivity index (χ0n) is 9.31. The highest BCUT2D eigenvalue weighted by atomic mass is 16.1. The van der Waals surface area contributed by atoms with Crippen LogP contribution in [-0.2, 0) is 11.8 Å². The second kappa shape index (κ2) is 4.91. The Bertz CT molecular complexity index is 359. The van der Waals surface area contributed by atoms with Gasteiger partial charge in [-0.15, -0.1) is 0 Å². The molecule has 1 amide bonds. The predicted octanol–water partition coefficient (Wildman–Crippen LogP) is -0.319. The Hall–Kier alpha value is -1.66. The number of hydrogen-bond acceptors (Lipinski definition) is 5. The standard InChI is InChI=1S/C9H16N6O/c1-15-9(12-13-14-15)10-6-2-3-8(16)11-7-4-5-7/h7H,2-6H2,1H3,(H,11,16)(H,10,12,14). The Morgan fingerprint density at radius 1 is 1.56 bits per heavy atom. The van der Waals surface area contributed by atoms with Gasteiger partial charge in [-0.05, 0) is 29.7 Å². The van der Waals surface area contributed by atoms with Crippen LogP contribution in [0, 0.1) is 0 Å². The van der Waals surface area contributed by atoms with E-state index in [1.807, 2.05) is 0 Å². The summed E-state index contributed by atoms with van der Waals surface area (Å²) in [5, 5.41) is 17.0. The molecule has 0 saturated heterocycles. The molecule has 0 aliphatic heterocycles. The van der Waals surface area contributed by atoms with Gasteiger partial charge in [-0.1, -0.05) is 5.10 Å². The highest BCUT2D eigenvalue weighted by Gasteiger charge is 2.22. The summed E-state index contributed by atoms with van der Waals surface area (Å²) in [4.78, 5) is 11.3. The molecule has 1 aliphatic carbocycles. The summed E-state index contributed by atoms with van der Waals surface area (Å²) in [6.07, 6.45) is 3.60. The van der Waals surface area contributed by atoms with Crippen molar-refractivity contribution in [1.82, 2.24) is 25.5 Å². The number of aromatic nitrogens is 4. The van der Waals surface area contributed by atoms with E-state index in [9.17, 15) is 4.79 Å². The lowest BCUT2D eigenvalue weighted by Crippen LogP contribution is -2.25. The van der Waals surface area contributed by atoms with Gasteiger partial charge in [0.25, 0.3) is 0 Å². The molecule has 16 heavy (non-hydrogen) atoms. The van der Waals surface area contributed by atoms with Gasteiger partial charge in [0.15, 0.2) is 0 Å². The normalized spacial score (nSPS) is 14.8. The van der Waals surface area contributed by atoms with Gasteiger partial charge in [-0.2, -0.15) is 0 Å². The van der Waals surface area contributed by atoms with Crippen LogP contribution >= 0.6 is 0 Å². The largest absolute Gasteiger partial charge is 0.353 e. The molecule has 1 aliphatic rings. The molecule has 0 aromatic carbocycles. The fraction of sp³-hybridized carbons (Fsp3) is 0.778. The third-order valence-electron chi connectivity index (χ3n) is 2.43. The van der Waals surface area contributed by atoms with Crippen LogP contribution in [-0.4, -0.2) is 38.7 Å². The number of carbonyl (C=O) groups excluding carboxylic acids is 1. The molecule has 0 unspecified atom stereocenters. The quantitative estimate of drug-likeness (QED) is 0.647. The van der Waals surface area contributed by atoms with Crippen LogP contribution in [0.2, 0.25) is 0 Å². The van der Waals surface area contributed by atoms with E-state index in [1.54, 1.807) is 11.7 Å². The molecule has 2 rings (SSSR count). The minimum absolute atomic E-state index is 0.139. The van der Waals surface area contributed by atoms with E-state index in [-0.39, 0.29) is 5.91 Å². The molecule has 1 heterocycles. The Morgan fingerprint density at radius 3 is 3.00 bits per heavy atom. The van der Waals surface area contributed by atoms with E-state index in [0.29, 0.717) is 25.0 Å². The third kappa shape index (κ3) is 3.18. The van der Waals surface area contributed by atoms with Crippen LogP contribution in [0.5, 0.6) is 0 Å². The molecule has 1 fully saturated rings. The first kappa shape index (κ1) is 10.8. The van der Waals surface area contributed by atoms with Crippen molar-refractivity contribution >= 4 is 11.9 Å². The molecule has 1 saturated carbocycles. The van der Waals surface area contributed by atoms with E-state index in [0.717, 1.165) is 19.3 Å². The summed E-state index contributed by atoms with van der Waals surface area (Å²) in [6, 6.07) is 0.448. The van der Waals surface area contributed by atoms with Gasteiger partial charge in [0.2, 0.25) is 11.9 Å². The monoisotopic (exact) mass is 224 g/mol. The first-order chi connectivity index (χ1) is 7.75. The van der Waals surface area contributed by atoms with E-state index in [2.05, 4.69) is 26.2 Å². The lowest BCUT2D eigenvalue weighted by molar-refractivity contribution is -0.121. The van der Waals surface area contributed by atoms with Crippen LogP contribution in [0.3, 0.4) is 0 Å². The van der Waals surface area contributed by atoms with Crippen molar-refractivity contribution in [1.29, 1.82) is 0 Å². The number of tetrazole rings is 1. The summed E-state index contributed by atoms with van der Waals surface area (Å²) in [5.74, 6) is 0.767. The van der Waals surface area contributed by atoms with E-state index in [4.69, 9.17) is 0 Å². The summed E-state index contributed by atoms with van der Waals surface area (Å²) >= 11 is 0. The maximum atomic E-state index is 11.3. The summed E-state index contributed by atoms with van der Waals surface area (Å²) < 4.78 is 1.56. The van der Waals surface area contributed by atoms with Crippen LogP contribution in [0.4, 0.5) is 5.95 Å². The van der Waals surface area contributed by atoms with Crippen molar-refractivity contribution in [3.05, 3.63) is 0 Å². The van der Waals surface area contributed by atoms with Gasteiger partial charge in [-0.3, -0.25) is 4.79 Å². The van der Waals surface area contributed by atoms with Gasteiger partial charge in [0.1, 0.15) is 0 Å². The number of amides is 1. The van der Waals surface area contributed by atoms with Crippen molar-refractivity contribution in [3.8, 4) is 0 Å². The molecular weight excluding hydrogens is 208 g/mol. The Balaban J connectivity index is 1.57. The lowest BCUT2D eigenvalue weighted by atomic mass is 10.3. The molecule has 2 N–H and O–H groups in total. The number of nitrogens with zero attached hydrogens (tertiary/aromatic N) is 4. The van der Waals surface area contributed by atoms with Crippen LogP contribution < -0.4 is 10.6 Å². The van der Waals surface area contributed by atoms with Crippen molar-refractivity contribution in [2.75, 3.05) is 11.9 Å². The summed E-state index contributed by atoms with van der Waals surface area (Å²) in [7, 11) is 1.77. The van der Waals surface area contributed by atoms with Crippen molar-refractivity contribution < 1.29 is 4.79 Å². The second-order valence-electron chi connectivity index (χ2n) is 4.00. The molecular formula is C9H16N6O. The molecule has 0 atom stereocenters. The molecule has 0 bridgehead atoms. The van der Waals surface area contributed by atoms with Gasteiger partial charge in [0, 0.05) is 26.1 Å². The molecule has 0 radical (unpaired) electrons. The Labute approximate surface area is 93.6 Å². The van der Waals surface area contributed by atoms with Crippen molar-refractivity contribution in [2.24, 2.45) is 7.05 Å². The van der Waals surface area contributed by atoms with Gasteiger partial charge in [-0.25, -0.2) is 4.68 Å². The summed E-state index contributed by atoms with van der Waals surface area (Å²) in [6.45, 7) is 0.701. The molecule has 7 heteroatoms. The first-order valence-electron chi connectivity index (χ1n) is 5.51. The molecule has 1 aromatic rings. The van der Waals surface area contributed by atoms with Crippen LogP contribution in [0.25, 0.3) is 0 Å². The smallest absolute Gasteiger partial charge is 0.242 e. The summed E-state index contributed by atoms with van der Waals surface area (Å²) in [5.41, 5.74) is 0. The Morgan fingerprint density at radius 2 is 2.38 bits per heavy atom. The molecule has 7 nitrogen and oxygen atoms in total. The maximum Gasteiger partial charge on any atom is 0.242 e. The maximum absolute atomic E-state index is 11.3. The zero-order chi connectivity index (χ0) is 11.4. The number of rotatable bonds is 6. The van der Waals surface area contributed by atoms with Crippen molar-refractivity contribution in [3.63, 3.8) is 0 Å². The molecule has 1 aromatic heterocycles. The van der Waals surface area contributed by atoms with Crippen LogP contribution in [0.15, 0.2) is 0 Å². The minimum atomic E-state index is 0.139. The SMILES string of the molecule is Cn1nnnc1NCCCC(=O)NC1CC1. The van der Waals surface area contributed by atoms with E-state index >= 15 is 0 Å². The topological polar surface area (TPSA) is 84.7 Å². The second-order valence-corrected chi connectivity index (χ2v) is 4.00. The highest BCUT2D eigenvalue weighted by molar-refractivity contribution is 5.76. The lowest BCUT2D eigenvalue weighted by Gasteiger charge is -2.04. The number of hydrogen-bond donors (Lipinski definition) is 2. The van der Waals surface area contributed by atoms with Crippen LogP contribution in [0.1, 0.15) is 25.7 Å². The minimum Gasteiger partial charge on any atom is -0.353 e. The average molecular weight is 224 g/mol. The van der Waals surface area contributed by atoms with Crippen molar-refractivity contribution in [2.45, 2.75) is 31.7 Å². The van der Waals surface area contributed by atoms with E-state index < -0.39 is 0 Å². The molecule has 88 valence electrons. The number of carbonyl (C=O) groups is 1. The predicted molar refractivity (Wildman–Crippen MR) is 57.7 cm³/mol. The average Bonchev–Trinajstić information content (AvgIpc) is 2.96. The fourth-order valence-corrected chi connectivity index (χ4v) is 1.36. The zero-order valence-corrected chi connectivity index (χ0v) is 9.31. The fourth-order valence-electron chi connectivity index (χ4n) is 1.36. The van der Waals surface area contributed by atoms with Gasteiger partial charge >= 0.3 is 0 Å². The Kier molecular flexibility index (Phi) is 3.33. The highest BCUT2D eigenvalue weighted by Crippen LogP contribution is 2.18. The van der Waals surface area contributed by atoms with Gasteiger partial charge < -0.3 is 10.6 Å². The first-order valence-corrected chi connectivity index (χ1v) is 5.51. The van der Waals surface area contributed by atoms with E-state index in [1.165, 1.54) is 0 Å². The number of aryl methyl sites for hydroxylation is 1. The number of nitrogens with one attached hydrogen (secondary N) is 2. The van der Waals surface area contributed by atoms with Gasteiger partial charge in [0.05, 0.1) is 0 Å². The molecule has 0 spiro atoms.